The Kier molecular flexibility index (Phi) is 6.97. The second kappa shape index (κ2) is 9.20. The van der Waals surface area contributed by atoms with Crippen molar-refractivity contribution in [2.75, 3.05) is 26.2 Å². The summed E-state index contributed by atoms with van der Waals surface area (Å²) in [7, 11) is 0. The molecule has 0 aromatic heterocycles. The van der Waals surface area contributed by atoms with E-state index in [0.717, 1.165) is 16.0 Å². The molecule has 0 saturated carbocycles. The van der Waals surface area contributed by atoms with Crippen LogP contribution in [-0.4, -0.2) is 65.7 Å². The van der Waals surface area contributed by atoms with Gasteiger partial charge in [0.2, 0.25) is 0 Å². The molecule has 1 heterocycles. The zero-order valence-electron chi connectivity index (χ0n) is 16.6. The van der Waals surface area contributed by atoms with Crippen molar-refractivity contribution >= 4 is 23.6 Å². The molecule has 28 heavy (non-hydrogen) atoms. The molecule has 1 fully saturated rings. The van der Waals surface area contributed by atoms with Crippen LogP contribution >= 0.6 is 0 Å². The van der Waals surface area contributed by atoms with Gasteiger partial charge < -0.3 is 14.5 Å². The molecule has 1 aromatic rings. The molecule has 1 aliphatic heterocycles. The highest BCUT2D eigenvalue weighted by atomic mass is 16.5. The Morgan fingerprint density at radius 3 is 2.43 bits per heavy atom. The molecule has 4 amide bonds. The Morgan fingerprint density at radius 1 is 1.11 bits per heavy atom. The highest BCUT2D eigenvalue weighted by Gasteiger charge is 2.32. The van der Waals surface area contributed by atoms with Crippen molar-refractivity contribution in [3.63, 3.8) is 0 Å². The molecule has 1 aliphatic rings. The number of ether oxygens (including phenoxy) is 1. The van der Waals surface area contributed by atoms with Crippen LogP contribution in [0.5, 0.6) is 5.75 Å². The summed E-state index contributed by atoms with van der Waals surface area (Å²) < 4.78 is 5.65. The number of carbonyl (C=O) groups is 4. The molecule has 1 atom stereocenters. The first kappa shape index (κ1) is 21.2. The van der Waals surface area contributed by atoms with Crippen LogP contribution in [0.25, 0.3) is 0 Å². The van der Waals surface area contributed by atoms with Crippen LogP contribution in [0.4, 0.5) is 0 Å². The fourth-order valence-corrected chi connectivity index (χ4v) is 2.71. The summed E-state index contributed by atoms with van der Waals surface area (Å²) in [5.41, 5.74) is 6.49. The van der Waals surface area contributed by atoms with Gasteiger partial charge in [-0.15, -0.1) is 0 Å². The van der Waals surface area contributed by atoms with E-state index in [9.17, 15) is 19.2 Å². The monoisotopic (exact) mass is 390 g/mol. The van der Waals surface area contributed by atoms with E-state index >= 15 is 0 Å². The van der Waals surface area contributed by atoms with Crippen molar-refractivity contribution in [3.8, 4) is 5.75 Å². The van der Waals surface area contributed by atoms with Crippen LogP contribution < -0.4 is 15.6 Å². The first-order valence-corrected chi connectivity index (χ1v) is 9.14. The Labute approximate surface area is 164 Å². The largest absolute Gasteiger partial charge is 0.481 e. The summed E-state index contributed by atoms with van der Waals surface area (Å²) in [5.74, 6) is -1.89. The molecular weight excluding hydrogens is 364 g/mol. The third kappa shape index (κ3) is 4.99. The SMILES string of the molecule is CCN1CCN(CC(=O)NNC(=O)C(C)Oc2cccc(C)c2C)C(=O)C1=O. The van der Waals surface area contributed by atoms with Gasteiger partial charge in [-0.3, -0.25) is 30.0 Å². The number of hydrazine groups is 1. The number of aryl methyl sites for hydroxylation is 1. The summed E-state index contributed by atoms with van der Waals surface area (Å²) >= 11 is 0. The second-order valence-corrected chi connectivity index (χ2v) is 6.61. The van der Waals surface area contributed by atoms with E-state index in [-0.39, 0.29) is 13.1 Å². The lowest BCUT2D eigenvalue weighted by Crippen LogP contribution is -2.57. The van der Waals surface area contributed by atoms with Gasteiger partial charge in [-0.05, 0) is 44.9 Å². The molecule has 1 aromatic carbocycles. The smallest absolute Gasteiger partial charge is 0.312 e. The number of benzene rings is 1. The van der Waals surface area contributed by atoms with E-state index in [4.69, 9.17) is 4.74 Å². The maximum atomic E-state index is 12.1. The lowest BCUT2D eigenvalue weighted by molar-refractivity contribution is -0.156. The van der Waals surface area contributed by atoms with Crippen molar-refractivity contribution in [2.45, 2.75) is 33.8 Å². The Balaban J connectivity index is 1.82. The molecule has 2 N–H and O–H groups in total. The number of hydrogen-bond acceptors (Lipinski definition) is 5. The summed E-state index contributed by atoms with van der Waals surface area (Å²) in [5, 5.41) is 0. The van der Waals surface area contributed by atoms with Crippen molar-refractivity contribution in [2.24, 2.45) is 0 Å². The third-order valence-corrected chi connectivity index (χ3v) is 4.67. The number of carbonyl (C=O) groups excluding carboxylic acids is 4. The van der Waals surface area contributed by atoms with Gasteiger partial charge >= 0.3 is 11.8 Å². The van der Waals surface area contributed by atoms with Crippen molar-refractivity contribution in [3.05, 3.63) is 29.3 Å². The Hall–Kier alpha value is -3.10. The van der Waals surface area contributed by atoms with Gasteiger partial charge in [0.05, 0.1) is 0 Å². The standard InChI is InChI=1S/C19H26N4O5/c1-5-22-9-10-23(19(27)18(22)26)11-16(24)20-21-17(25)14(4)28-15-8-6-7-12(2)13(15)3/h6-8,14H,5,9-11H2,1-4H3,(H,20,24)(H,21,25). The molecule has 9 heteroatoms. The number of rotatable bonds is 6. The van der Waals surface area contributed by atoms with Crippen LogP contribution in [0.15, 0.2) is 18.2 Å². The van der Waals surface area contributed by atoms with Crippen LogP contribution in [0.1, 0.15) is 25.0 Å². The van der Waals surface area contributed by atoms with Crippen molar-refractivity contribution in [1.29, 1.82) is 0 Å². The fourth-order valence-electron chi connectivity index (χ4n) is 2.71. The number of hydrogen-bond donors (Lipinski definition) is 2. The highest BCUT2D eigenvalue weighted by molar-refractivity contribution is 6.35. The average Bonchev–Trinajstić information content (AvgIpc) is 2.67. The number of amides is 4. The summed E-state index contributed by atoms with van der Waals surface area (Å²) in [6.07, 6.45) is -0.836. The summed E-state index contributed by atoms with van der Waals surface area (Å²) in [6, 6.07) is 5.55. The summed E-state index contributed by atoms with van der Waals surface area (Å²) in [6.45, 7) is 7.97. The van der Waals surface area contributed by atoms with Gasteiger partial charge in [0.25, 0.3) is 11.8 Å². The minimum Gasteiger partial charge on any atom is -0.481 e. The maximum Gasteiger partial charge on any atom is 0.312 e. The van der Waals surface area contributed by atoms with Gasteiger partial charge in [-0.25, -0.2) is 0 Å². The Bertz CT molecular complexity index is 780. The molecule has 1 unspecified atom stereocenters. The van der Waals surface area contributed by atoms with E-state index in [2.05, 4.69) is 10.9 Å². The molecule has 9 nitrogen and oxygen atoms in total. The first-order chi connectivity index (χ1) is 13.2. The zero-order chi connectivity index (χ0) is 20.8. The zero-order valence-corrected chi connectivity index (χ0v) is 16.6. The second-order valence-electron chi connectivity index (χ2n) is 6.61. The van der Waals surface area contributed by atoms with E-state index in [1.165, 1.54) is 4.90 Å². The predicted octanol–water partition coefficient (Wildman–Crippen LogP) is -0.0912. The molecule has 0 aliphatic carbocycles. The molecule has 1 saturated heterocycles. The number of piperazine rings is 1. The number of nitrogens with zero attached hydrogens (tertiary/aromatic N) is 2. The fraction of sp³-hybridized carbons (Fsp3) is 0.474. The Morgan fingerprint density at radius 2 is 1.75 bits per heavy atom. The lowest BCUT2D eigenvalue weighted by atomic mass is 10.1. The molecule has 2 rings (SSSR count). The lowest BCUT2D eigenvalue weighted by Gasteiger charge is -2.32. The molecule has 0 bridgehead atoms. The number of likely N-dealkylation sites (N-methyl/N-ethyl adjacent to an activating group) is 1. The van der Waals surface area contributed by atoms with Crippen LogP contribution in [0, 0.1) is 13.8 Å². The average molecular weight is 390 g/mol. The number of nitrogens with one attached hydrogen (secondary N) is 2. The van der Waals surface area contributed by atoms with E-state index in [1.807, 2.05) is 26.0 Å². The van der Waals surface area contributed by atoms with Crippen LogP contribution in [-0.2, 0) is 19.2 Å². The molecule has 0 radical (unpaired) electrons. The van der Waals surface area contributed by atoms with Gasteiger partial charge in [0.15, 0.2) is 6.10 Å². The molecular formula is C19H26N4O5. The van der Waals surface area contributed by atoms with E-state index in [0.29, 0.717) is 18.8 Å². The minimum absolute atomic E-state index is 0.270. The van der Waals surface area contributed by atoms with Crippen molar-refractivity contribution < 1.29 is 23.9 Å². The highest BCUT2D eigenvalue weighted by Crippen LogP contribution is 2.21. The van der Waals surface area contributed by atoms with Gasteiger partial charge in [-0.2, -0.15) is 0 Å². The maximum absolute atomic E-state index is 12.1. The van der Waals surface area contributed by atoms with Gasteiger partial charge in [-0.1, -0.05) is 12.1 Å². The molecule has 152 valence electrons. The van der Waals surface area contributed by atoms with Crippen molar-refractivity contribution in [1.82, 2.24) is 20.7 Å². The van der Waals surface area contributed by atoms with E-state index < -0.39 is 29.7 Å². The normalized spacial score (nSPS) is 15.3. The molecule has 0 spiro atoms. The van der Waals surface area contributed by atoms with E-state index in [1.54, 1.807) is 19.9 Å². The first-order valence-electron chi connectivity index (χ1n) is 9.14. The van der Waals surface area contributed by atoms with Gasteiger partial charge in [0, 0.05) is 19.6 Å². The topological polar surface area (TPSA) is 108 Å². The van der Waals surface area contributed by atoms with Crippen LogP contribution in [0.3, 0.4) is 0 Å². The minimum atomic E-state index is -0.836. The van der Waals surface area contributed by atoms with Gasteiger partial charge in [0.1, 0.15) is 12.3 Å². The predicted molar refractivity (Wildman–Crippen MR) is 101 cm³/mol. The summed E-state index contributed by atoms with van der Waals surface area (Å²) in [4.78, 5) is 50.6. The van der Waals surface area contributed by atoms with Crippen LogP contribution in [0.2, 0.25) is 0 Å². The third-order valence-electron chi connectivity index (χ3n) is 4.67. The quantitative estimate of drug-likeness (QED) is 0.521.